The Kier molecular flexibility index (Phi) is 12.6. The predicted octanol–water partition coefficient (Wildman–Crippen LogP) is 6.45. The number of aromatic nitrogens is 2. The molecular weight excluding hydrogens is 573 g/mol. The molecule has 1 aromatic heterocycles. The summed E-state index contributed by atoms with van der Waals surface area (Å²) in [5.74, 6) is -0.963. The van der Waals surface area contributed by atoms with Crippen molar-refractivity contribution in [1.29, 1.82) is 0 Å². The van der Waals surface area contributed by atoms with E-state index in [0.717, 1.165) is 28.6 Å². The number of carbonyl (C=O) groups is 2. The lowest BCUT2D eigenvalue weighted by Gasteiger charge is -2.19. The minimum Gasteiger partial charge on any atom is -0.478 e. The molecule has 42 heavy (non-hydrogen) atoms. The molecular formula is C29H35F3N4O5S. The fourth-order valence-electron chi connectivity index (χ4n) is 3.42. The molecule has 3 rings (SSSR count). The minimum atomic E-state index is -4.49. The highest BCUT2D eigenvalue weighted by molar-refractivity contribution is 8.00. The van der Waals surface area contributed by atoms with Gasteiger partial charge in [0.1, 0.15) is 6.61 Å². The number of ether oxygens (including phenoxy) is 2. The van der Waals surface area contributed by atoms with Gasteiger partial charge in [0.05, 0.1) is 29.3 Å². The lowest BCUT2D eigenvalue weighted by atomic mass is 10.00. The van der Waals surface area contributed by atoms with Crippen molar-refractivity contribution in [1.82, 2.24) is 15.3 Å². The summed E-state index contributed by atoms with van der Waals surface area (Å²) < 4.78 is 52.0. The number of nitrogens with one attached hydrogen (secondary N) is 2. The van der Waals surface area contributed by atoms with Crippen molar-refractivity contribution in [3.05, 3.63) is 65.2 Å². The number of hydrogen-bond donors (Lipinski definition) is 3. The van der Waals surface area contributed by atoms with Gasteiger partial charge in [-0.1, -0.05) is 24.3 Å². The van der Waals surface area contributed by atoms with Crippen molar-refractivity contribution in [2.45, 2.75) is 63.8 Å². The molecule has 0 spiro atoms. The second-order valence-electron chi connectivity index (χ2n) is 10.1. The molecule has 0 aliphatic heterocycles. The number of carboxylic acid groups (broad SMARTS) is 1. The van der Waals surface area contributed by atoms with E-state index in [4.69, 9.17) is 9.47 Å². The second-order valence-corrected chi connectivity index (χ2v) is 11.0. The average molecular weight is 609 g/mol. The Labute approximate surface area is 247 Å². The van der Waals surface area contributed by atoms with Gasteiger partial charge in [0, 0.05) is 23.6 Å². The number of carbonyl (C=O) groups excluding carboxylic acids is 1. The zero-order valence-corrected chi connectivity index (χ0v) is 25.0. The first-order chi connectivity index (χ1) is 19.6. The maximum atomic E-state index is 12.8. The number of amides is 1. The minimum absolute atomic E-state index is 0.00455. The topological polar surface area (TPSA) is 123 Å². The Morgan fingerprint density at radius 2 is 1.69 bits per heavy atom. The Morgan fingerprint density at radius 3 is 2.24 bits per heavy atom. The largest absolute Gasteiger partial charge is 0.478 e. The summed E-state index contributed by atoms with van der Waals surface area (Å²) in [5.41, 5.74) is 3.28. The number of halogens is 3. The van der Waals surface area contributed by atoms with E-state index in [2.05, 4.69) is 20.0 Å². The molecule has 0 fully saturated rings. The zero-order chi connectivity index (χ0) is 31.5. The highest BCUT2D eigenvalue weighted by Crippen LogP contribution is 2.30. The summed E-state index contributed by atoms with van der Waals surface area (Å²) in [6, 6.07) is 12.1. The number of carboxylic acids is 1. The normalized spacial score (nSPS) is 12.0. The van der Waals surface area contributed by atoms with Crippen LogP contribution in [0.2, 0.25) is 0 Å². The number of hydrogen-bond acceptors (Lipinski definition) is 8. The molecule has 3 N–H and O–H groups in total. The maximum absolute atomic E-state index is 12.8. The van der Waals surface area contributed by atoms with E-state index in [-0.39, 0.29) is 29.4 Å². The van der Waals surface area contributed by atoms with Crippen LogP contribution in [-0.2, 0) is 9.53 Å². The van der Waals surface area contributed by atoms with Crippen LogP contribution in [-0.4, -0.2) is 59.0 Å². The van der Waals surface area contributed by atoms with Crippen molar-refractivity contribution in [3.8, 4) is 17.1 Å². The highest BCUT2D eigenvalue weighted by Gasteiger charge is 2.32. The number of anilines is 1. The number of aryl methyl sites for hydroxylation is 2. The Balaban J connectivity index is 0.000000928. The fourth-order valence-corrected chi connectivity index (χ4v) is 4.05. The third-order valence-corrected chi connectivity index (χ3v) is 6.38. The predicted molar refractivity (Wildman–Crippen MR) is 156 cm³/mol. The number of alkyl halides is 3. The molecule has 0 bridgehead atoms. The first-order valence-corrected chi connectivity index (χ1v) is 13.6. The first-order valence-electron chi connectivity index (χ1n) is 12.8. The van der Waals surface area contributed by atoms with Crippen molar-refractivity contribution in [3.63, 3.8) is 0 Å². The summed E-state index contributed by atoms with van der Waals surface area (Å²) in [4.78, 5) is 31.3. The van der Waals surface area contributed by atoms with Crippen LogP contribution in [0.15, 0.2) is 53.4 Å². The fraction of sp³-hybridized carbons (Fsp3) is 0.379. The van der Waals surface area contributed by atoms with E-state index in [1.807, 2.05) is 52.8 Å². The molecule has 1 unspecified atom stereocenters. The van der Waals surface area contributed by atoms with Crippen LogP contribution >= 0.6 is 11.9 Å². The molecule has 1 heterocycles. The lowest BCUT2D eigenvalue weighted by molar-refractivity contribution is -0.142. The molecule has 228 valence electrons. The third-order valence-electron chi connectivity index (χ3n) is 5.61. The van der Waals surface area contributed by atoms with E-state index in [9.17, 15) is 27.9 Å². The van der Waals surface area contributed by atoms with Crippen molar-refractivity contribution < 1.29 is 37.3 Å². The van der Waals surface area contributed by atoms with Gasteiger partial charge in [-0.2, -0.15) is 18.2 Å². The van der Waals surface area contributed by atoms with E-state index in [0.29, 0.717) is 10.6 Å². The smallest absolute Gasteiger partial charge is 0.391 e. The van der Waals surface area contributed by atoms with Crippen molar-refractivity contribution >= 4 is 30.3 Å². The molecule has 13 heteroatoms. The molecule has 0 saturated heterocycles. The average Bonchev–Trinajstić information content (AvgIpc) is 2.90. The zero-order valence-electron chi connectivity index (χ0n) is 24.2. The number of benzene rings is 2. The molecule has 0 aliphatic rings. The summed E-state index contributed by atoms with van der Waals surface area (Å²) >= 11 is 1.07. The van der Waals surface area contributed by atoms with Gasteiger partial charge in [0.25, 0.3) is 0 Å². The lowest BCUT2D eigenvalue weighted by Crippen LogP contribution is -2.37. The quantitative estimate of drug-likeness (QED) is 0.166. The van der Waals surface area contributed by atoms with Gasteiger partial charge in [0.2, 0.25) is 18.2 Å². The van der Waals surface area contributed by atoms with E-state index >= 15 is 0 Å². The molecule has 2 aromatic carbocycles. The molecule has 1 amide bonds. The first kappa shape index (κ1) is 34.4. The number of nitrogens with zero attached hydrogens (tertiary/aromatic N) is 2. The number of methoxy groups -OCH3 is 1. The molecule has 1 atom stereocenters. The van der Waals surface area contributed by atoms with Gasteiger partial charge in [-0.15, -0.1) is 0 Å². The summed E-state index contributed by atoms with van der Waals surface area (Å²) in [6.45, 7) is 9.40. The van der Waals surface area contributed by atoms with Gasteiger partial charge in [-0.05, 0) is 75.9 Å². The van der Waals surface area contributed by atoms with E-state index < -0.39 is 31.2 Å². The maximum Gasteiger partial charge on any atom is 0.391 e. The van der Waals surface area contributed by atoms with Gasteiger partial charge >= 0.3 is 12.1 Å². The summed E-state index contributed by atoms with van der Waals surface area (Å²) in [6.07, 6.45) is -5.56. The third kappa shape index (κ3) is 12.0. The van der Waals surface area contributed by atoms with Crippen LogP contribution in [0.4, 0.5) is 19.1 Å². The Bertz CT molecular complexity index is 1330. The van der Waals surface area contributed by atoms with E-state index in [1.54, 1.807) is 19.2 Å². The van der Waals surface area contributed by atoms with E-state index in [1.165, 1.54) is 18.2 Å². The van der Waals surface area contributed by atoms with Crippen LogP contribution in [0.5, 0.6) is 5.88 Å². The van der Waals surface area contributed by atoms with Crippen molar-refractivity contribution in [2.75, 3.05) is 18.4 Å². The van der Waals surface area contributed by atoms with Crippen LogP contribution in [0.3, 0.4) is 0 Å². The van der Waals surface area contributed by atoms with Gasteiger partial charge in [-0.25, -0.2) is 9.78 Å². The van der Waals surface area contributed by atoms with Gasteiger partial charge < -0.3 is 19.9 Å². The van der Waals surface area contributed by atoms with Crippen LogP contribution in [0, 0.1) is 13.8 Å². The molecule has 0 aliphatic carbocycles. The van der Waals surface area contributed by atoms with Gasteiger partial charge in [0.15, 0.2) is 0 Å². The van der Waals surface area contributed by atoms with Crippen LogP contribution in [0.25, 0.3) is 11.3 Å². The molecule has 9 nitrogen and oxygen atoms in total. The molecule has 0 radical (unpaired) electrons. The highest BCUT2D eigenvalue weighted by atomic mass is 32.2. The number of aromatic carboxylic acids is 1. The number of rotatable bonds is 11. The van der Waals surface area contributed by atoms with Gasteiger partial charge in [-0.3, -0.25) is 9.52 Å². The Morgan fingerprint density at radius 1 is 1.07 bits per heavy atom. The Hall–Kier alpha value is -3.84. The molecule has 0 saturated carbocycles. The summed E-state index contributed by atoms with van der Waals surface area (Å²) in [7, 11) is 1.71. The second kappa shape index (κ2) is 15.4. The van der Waals surface area contributed by atoms with Crippen molar-refractivity contribution in [2.24, 2.45) is 0 Å². The van der Waals surface area contributed by atoms with Crippen LogP contribution < -0.4 is 14.8 Å². The van der Waals surface area contributed by atoms with Crippen LogP contribution in [0.1, 0.15) is 48.7 Å². The molecule has 3 aromatic rings. The SMILES string of the molecule is COC(C)(C)C.Cc1cccc(C)c1-c1cc(OCC(CC(F)(F)F)NC=O)nc(NSc2cccc(C(=O)O)c2)n1. The standard InChI is InChI=1S/C24H23F3N4O4S.C5H12O/c1-14-5-3-6-15(2)21(14)19-10-20(35-12-17(28-13-32)11-24(25,26)27)30-23(29-19)31-36-18-8-4-7-16(9-18)22(33)34;1-5(2,3)6-4/h3-10,13,17H,11-12H2,1-2H3,(H,28,32)(H,33,34)(H,29,30,31);1-4H3. The summed E-state index contributed by atoms with van der Waals surface area (Å²) in [5, 5.41) is 11.3. The monoisotopic (exact) mass is 608 g/mol.